The van der Waals surface area contributed by atoms with Crippen molar-refractivity contribution in [3.63, 3.8) is 0 Å². The van der Waals surface area contributed by atoms with Gasteiger partial charge in [-0.2, -0.15) is 0 Å². The highest BCUT2D eigenvalue weighted by molar-refractivity contribution is 9.10. The number of pyridine rings is 1. The molecule has 0 aliphatic rings. The summed E-state index contributed by atoms with van der Waals surface area (Å²) in [5.74, 6) is 0. The number of hydrogen-bond acceptors (Lipinski definition) is 1. The van der Waals surface area contributed by atoms with Crippen LogP contribution in [0.25, 0.3) is 0 Å². The van der Waals surface area contributed by atoms with E-state index in [1.54, 1.807) is 6.92 Å². The first kappa shape index (κ1) is 9.86. The van der Waals surface area contributed by atoms with Gasteiger partial charge in [0, 0.05) is 5.69 Å². The number of alkyl halides is 2. The number of hydrogen-bond donors (Lipinski definition) is 0. The normalized spacial score (nSPS) is 10.8. The summed E-state index contributed by atoms with van der Waals surface area (Å²) < 4.78 is 24.6. The molecule has 1 rings (SSSR count). The molecule has 0 spiro atoms. The Bertz CT molecular complexity index is 304. The second-order valence-corrected chi connectivity index (χ2v) is 3.45. The summed E-state index contributed by atoms with van der Waals surface area (Å²) in [6, 6.07) is 1.53. The molecule has 0 saturated heterocycles. The van der Waals surface area contributed by atoms with E-state index in [2.05, 4.69) is 20.9 Å². The summed E-state index contributed by atoms with van der Waals surface area (Å²) in [4.78, 5) is 3.65. The zero-order valence-electron chi connectivity index (χ0n) is 6.11. The van der Waals surface area contributed by atoms with Gasteiger partial charge in [-0.25, -0.2) is 8.78 Å². The predicted molar refractivity (Wildman–Crippen MR) is 46.6 cm³/mol. The molecule has 0 aliphatic carbocycles. The highest BCUT2D eigenvalue weighted by Crippen LogP contribution is 2.31. The van der Waals surface area contributed by atoms with Gasteiger partial charge < -0.3 is 0 Å². The predicted octanol–water partition coefficient (Wildman–Crippen LogP) is 3.74. The third-order valence-corrected chi connectivity index (χ3v) is 2.63. The third kappa shape index (κ3) is 1.93. The molecule has 66 valence electrons. The van der Waals surface area contributed by atoms with Gasteiger partial charge in [-0.1, -0.05) is 11.6 Å². The fraction of sp³-hybridized carbons (Fsp3) is 0.286. The number of aromatic nitrogens is 1. The van der Waals surface area contributed by atoms with Gasteiger partial charge in [-0.3, -0.25) is 4.98 Å². The van der Waals surface area contributed by atoms with Crippen LogP contribution in [-0.4, -0.2) is 4.98 Å². The minimum absolute atomic E-state index is 0.171. The van der Waals surface area contributed by atoms with E-state index in [1.807, 2.05) is 0 Å². The van der Waals surface area contributed by atoms with Crippen molar-refractivity contribution in [3.8, 4) is 0 Å². The molecule has 0 aromatic carbocycles. The molecule has 0 amide bonds. The molecule has 0 aliphatic heterocycles. The molecule has 0 fully saturated rings. The summed E-state index contributed by atoms with van der Waals surface area (Å²) in [5.41, 5.74) is 0.179. The Kier molecular flexibility index (Phi) is 3.01. The molecular formula is C7H5BrClF2N. The molecule has 0 atom stereocenters. The highest BCUT2D eigenvalue weighted by Gasteiger charge is 2.16. The van der Waals surface area contributed by atoms with Crippen LogP contribution in [-0.2, 0) is 0 Å². The Balaban J connectivity index is 3.28. The van der Waals surface area contributed by atoms with Crippen LogP contribution in [0, 0.1) is 6.92 Å². The van der Waals surface area contributed by atoms with E-state index in [-0.39, 0.29) is 15.2 Å². The average molecular weight is 256 g/mol. The lowest BCUT2D eigenvalue weighted by atomic mass is 10.3. The molecular weight excluding hydrogens is 251 g/mol. The van der Waals surface area contributed by atoms with Crippen LogP contribution in [0.3, 0.4) is 0 Å². The molecule has 5 heteroatoms. The van der Waals surface area contributed by atoms with Crippen molar-refractivity contribution in [2.24, 2.45) is 0 Å². The first-order chi connectivity index (χ1) is 5.52. The molecule has 0 N–H and O–H groups in total. The van der Waals surface area contributed by atoms with E-state index in [4.69, 9.17) is 11.6 Å². The smallest absolute Gasteiger partial charge is 0.251 e. The maximum atomic E-state index is 12.2. The van der Waals surface area contributed by atoms with E-state index >= 15 is 0 Å². The van der Waals surface area contributed by atoms with Crippen molar-refractivity contribution in [2.75, 3.05) is 0 Å². The Labute approximate surface area is 81.9 Å². The number of halogens is 4. The van der Waals surface area contributed by atoms with Crippen molar-refractivity contribution < 1.29 is 8.78 Å². The minimum atomic E-state index is -2.60. The monoisotopic (exact) mass is 255 g/mol. The fourth-order valence-electron chi connectivity index (χ4n) is 0.785. The molecule has 0 saturated carbocycles. The second kappa shape index (κ2) is 3.66. The van der Waals surface area contributed by atoms with Crippen LogP contribution in [0.2, 0.25) is 5.02 Å². The van der Waals surface area contributed by atoms with Crippen molar-refractivity contribution in [1.82, 2.24) is 4.98 Å². The summed E-state index contributed by atoms with van der Waals surface area (Å²) in [6.07, 6.45) is -2.60. The van der Waals surface area contributed by atoms with E-state index in [0.717, 1.165) is 0 Å². The molecule has 1 heterocycles. The van der Waals surface area contributed by atoms with Gasteiger partial charge >= 0.3 is 0 Å². The lowest BCUT2D eigenvalue weighted by Gasteiger charge is -2.04. The average Bonchev–Trinajstić information content (AvgIpc) is 1.96. The molecule has 1 nitrogen and oxygen atoms in total. The zero-order valence-corrected chi connectivity index (χ0v) is 8.46. The van der Waals surface area contributed by atoms with Gasteiger partial charge in [0.2, 0.25) is 0 Å². The van der Waals surface area contributed by atoms with Gasteiger partial charge in [0.1, 0.15) is 5.69 Å². The van der Waals surface area contributed by atoms with Gasteiger partial charge in [0.25, 0.3) is 6.43 Å². The third-order valence-electron chi connectivity index (χ3n) is 1.27. The van der Waals surface area contributed by atoms with Crippen LogP contribution >= 0.6 is 27.5 Å². The quantitative estimate of drug-likeness (QED) is 0.746. The Morgan fingerprint density at radius 3 is 2.67 bits per heavy atom. The minimum Gasteiger partial charge on any atom is -0.251 e. The SMILES string of the molecule is Cc1cc(Cl)c(Br)c(C(F)F)n1. The van der Waals surface area contributed by atoms with Gasteiger partial charge in [0.15, 0.2) is 0 Å². The number of nitrogens with zero attached hydrogens (tertiary/aromatic N) is 1. The van der Waals surface area contributed by atoms with Crippen LogP contribution in [0.15, 0.2) is 10.5 Å². The van der Waals surface area contributed by atoms with E-state index in [1.165, 1.54) is 6.07 Å². The molecule has 0 unspecified atom stereocenters. The van der Waals surface area contributed by atoms with E-state index < -0.39 is 6.43 Å². The Morgan fingerprint density at radius 1 is 1.58 bits per heavy atom. The lowest BCUT2D eigenvalue weighted by Crippen LogP contribution is -1.94. The van der Waals surface area contributed by atoms with Crippen LogP contribution in [0.1, 0.15) is 17.8 Å². The zero-order chi connectivity index (χ0) is 9.30. The molecule has 0 bridgehead atoms. The molecule has 1 aromatic heterocycles. The maximum Gasteiger partial charge on any atom is 0.281 e. The first-order valence-corrected chi connectivity index (χ1v) is 4.30. The standard InChI is InChI=1S/C7H5BrClF2N/c1-3-2-4(9)5(8)6(12-3)7(10)11/h2,7H,1H3. The number of aryl methyl sites for hydroxylation is 1. The second-order valence-electron chi connectivity index (χ2n) is 2.25. The summed E-state index contributed by atoms with van der Waals surface area (Å²) >= 11 is 8.58. The van der Waals surface area contributed by atoms with Crippen molar-refractivity contribution in [2.45, 2.75) is 13.3 Å². The largest absolute Gasteiger partial charge is 0.281 e. The Morgan fingerprint density at radius 2 is 2.17 bits per heavy atom. The van der Waals surface area contributed by atoms with Gasteiger partial charge in [0.05, 0.1) is 9.50 Å². The van der Waals surface area contributed by atoms with Gasteiger partial charge in [-0.05, 0) is 28.9 Å². The van der Waals surface area contributed by atoms with Crippen LogP contribution in [0.4, 0.5) is 8.78 Å². The summed E-state index contributed by atoms with van der Waals surface area (Å²) in [5, 5.41) is 0.262. The van der Waals surface area contributed by atoms with Crippen molar-refractivity contribution >= 4 is 27.5 Å². The van der Waals surface area contributed by atoms with Crippen molar-refractivity contribution in [3.05, 3.63) is 26.9 Å². The summed E-state index contributed by atoms with van der Waals surface area (Å²) in [7, 11) is 0. The van der Waals surface area contributed by atoms with Gasteiger partial charge in [-0.15, -0.1) is 0 Å². The molecule has 12 heavy (non-hydrogen) atoms. The number of rotatable bonds is 1. The van der Waals surface area contributed by atoms with E-state index in [0.29, 0.717) is 5.69 Å². The maximum absolute atomic E-state index is 12.2. The molecule has 1 aromatic rings. The fourth-order valence-corrected chi connectivity index (χ4v) is 1.42. The lowest BCUT2D eigenvalue weighted by molar-refractivity contribution is 0.145. The summed E-state index contributed by atoms with van der Waals surface area (Å²) in [6.45, 7) is 1.62. The van der Waals surface area contributed by atoms with Crippen molar-refractivity contribution in [1.29, 1.82) is 0 Å². The molecule has 0 radical (unpaired) electrons. The van der Waals surface area contributed by atoms with E-state index in [9.17, 15) is 8.78 Å². The highest BCUT2D eigenvalue weighted by atomic mass is 79.9. The topological polar surface area (TPSA) is 12.9 Å². The first-order valence-electron chi connectivity index (χ1n) is 3.13. The van der Waals surface area contributed by atoms with Crippen LogP contribution in [0.5, 0.6) is 0 Å². The Hall–Kier alpha value is -0.220. The van der Waals surface area contributed by atoms with Crippen LogP contribution < -0.4 is 0 Å².